The van der Waals surface area contributed by atoms with E-state index in [1.807, 2.05) is 5.92 Å². The van der Waals surface area contributed by atoms with Gasteiger partial charge < -0.3 is 0 Å². The molecule has 4 aliphatic rings. The molecule has 0 aromatic rings. The predicted molar refractivity (Wildman–Crippen MR) is 125 cm³/mol. The van der Waals surface area contributed by atoms with Crippen LogP contribution in [0.25, 0.3) is 0 Å². The lowest BCUT2D eigenvalue weighted by Crippen LogP contribution is -2.49. The molecule has 4 aliphatic carbocycles. The molecule has 1 heteroatoms. The van der Waals surface area contributed by atoms with Crippen molar-refractivity contribution in [1.29, 1.82) is 0 Å². The monoisotopic (exact) mass is 404 g/mol. The van der Waals surface area contributed by atoms with Crippen LogP contribution in [-0.4, -0.2) is 5.78 Å². The fourth-order valence-electron chi connectivity index (χ4n) is 7.69. The molecule has 4 rings (SSSR count). The molecule has 3 saturated carbocycles. The van der Waals surface area contributed by atoms with Crippen LogP contribution >= 0.6 is 0 Å². The number of Topliss-reactive ketones (excluding diaryl/α,β-unsaturated/α-hetero) is 1. The fourth-order valence-corrected chi connectivity index (χ4v) is 7.69. The van der Waals surface area contributed by atoms with Gasteiger partial charge in [-0.3, -0.25) is 4.79 Å². The normalized spacial score (nSPS) is 38.0. The van der Waals surface area contributed by atoms with E-state index in [-0.39, 0.29) is 5.41 Å². The van der Waals surface area contributed by atoms with E-state index in [1.165, 1.54) is 42.4 Å². The van der Waals surface area contributed by atoms with Crippen molar-refractivity contribution in [2.24, 2.45) is 28.6 Å². The van der Waals surface area contributed by atoms with Crippen molar-refractivity contribution in [3.05, 3.63) is 54.7 Å². The molecular formula is C29H40O+3. The Kier molecular flexibility index (Phi) is 5.73. The Morgan fingerprint density at radius 1 is 1.13 bits per heavy atom. The summed E-state index contributed by atoms with van der Waals surface area (Å²) in [5.74, 6) is 4.24. The summed E-state index contributed by atoms with van der Waals surface area (Å²) in [5.41, 5.74) is 5.70. The van der Waals surface area contributed by atoms with Crippen molar-refractivity contribution in [1.82, 2.24) is 0 Å². The molecule has 0 N–H and O–H groups in total. The number of fused-ring (bicyclic) bond motifs is 5. The van der Waals surface area contributed by atoms with Crippen molar-refractivity contribution < 1.29 is 4.79 Å². The van der Waals surface area contributed by atoms with E-state index < -0.39 is 0 Å². The SMILES string of the molecule is C=C(CCC(CC)=C([CH2+])[CH2+])[C@H]1CC[C]2[C@@H]3C[C+]=C4CC(=O)CC[C@]4(C)[C@H]3CC[C@@]21C. The van der Waals surface area contributed by atoms with Gasteiger partial charge in [0.2, 0.25) is 6.08 Å². The van der Waals surface area contributed by atoms with Crippen LogP contribution in [0.2, 0.25) is 0 Å². The number of carbonyl (C=O) groups excluding carboxylic acids is 1. The topological polar surface area (TPSA) is 17.1 Å². The van der Waals surface area contributed by atoms with Gasteiger partial charge in [0.1, 0.15) is 25.2 Å². The fraction of sp³-hybridized carbons (Fsp3) is 0.655. The predicted octanol–water partition coefficient (Wildman–Crippen LogP) is 7.61. The Balaban J connectivity index is 1.51. The van der Waals surface area contributed by atoms with Crippen LogP contribution in [-0.2, 0) is 4.79 Å². The third-order valence-corrected chi connectivity index (χ3v) is 9.62. The summed E-state index contributed by atoms with van der Waals surface area (Å²) in [6.45, 7) is 19.9. The molecule has 0 aliphatic heterocycles. The zero-order chi connectivity index (χ0) is 21.7. The first-order valence-corrected chi connectivity index (χ1v) is 12.2. The average Bonchev–Trinajstić information content (AvgIpc) is 3.06. The number of ketones is 1. The molecule has 0 spiro atoms. The second kappa shape index (κ2) is 7.90. The van der Waals surface area contributed by atoms with Gasteiger partial charge in [0, 0.05) is 17.8 Å². The number of carbonyl (C=O) groups is 1. The minimum absolute atomic E-state index is 0.208. The number of hydrogen-bond donors (Lipinski definition) is 0. The number of hydrogen-bond acceptors (Lipinski definition) is 1. The van der Waals surface area contributed by atoms with Crippen LogP contribution in [0, 0.1) is 54.4 Å². The van der Waals surface area contributed by atoms with Gasteiger partial charge in [-0.2, -0.15) is 0 Å². The van der Waals surface area contributed by atoms with E-state index in [0.717, 1.165) is 44.1 Å². The molecule has 0 unspecified atom stereocenters. The van der Waals surface area contributed by atoms with Gasteiger partial charge >= 0.3 is 0 Å². The molecule has 0 heterocycles. The van der Waals surface area contributed by atoms with Crippen LogP contribution in [0.4, 0.5) is 0 Å². The Bertz CT molecular complexity index is 778. The first-order chi connectivity index (χ1) is 14.2. The van der Waals surface area contributed by atoms with E-state index in [9.17, 15) is 4.79 Å². The van der Waals surface area contributed by atoms with Gasteiger partial charge in [0.15, 0.2) is 12.0 Å². The van der Waals surface area contributed by atoms with E-state index in [2.05, 4.69) is 47.3 Å². The summed E-state index contributed by atoms with van der Waals surface area (Å²) in [7, 11) is 0. The van der Waals surface area contributed by atoms with Crippen LogP contribution in [0.5, 0.6) is 0 Å². The number of rotatable bonds is 5. The standard InChI is InChI=1S/C29H40O/c1-7-21(19(2)3)9-8-20(4)25-12-13-26-24-11-10-22-18-23(30)14-16-28(22,5)27(24)15-17-29(25,26)6/h24-25,27H,2-4,7-9,11-18H2,1,5-6H3/q+3/t24-,25+,27-,28-,29+/m0/s1. The summed E-state index contributed by atoms with van der Waals surface area (Å²) in [6, 6.07) is 0. The molecule has 0 saturated heterocycles. The molecule has 1 nitrogen and oxygen atoms in total. The number of allylic oxidation sites excluding steroid dienone is 5. The maximum absolute atomic E-state index is 12.1. The molecule has 5 atom stereocenters. The highest BCUT2D eigenvalue weighted by atomic mass is 16.1. The van der Waals surface area contributed by atoms with Gasteiger partial charge in [0.25, 0.3) is 5.57 Å². The molecule has 0 bridgehead atoms. The largest absolute Gasteiger partial charge is 0.299 e. The van der Waals surface area contributed by atoms with Crippen LogP contribution in [0.1, 0.15) is 91.4 Å². The van der Waals surface area contributed by atoms with Gasteiger partial charge in [0.05, 0.1) is 19.3 Å². The Morgan fingerprint density at radius 2 is 1.90 bits per heavy atom. The Hall–Kier alpha value is -1.46. The third-order valence-electron chi connectivity index (χ3n) is 9.62. The van der Waals surface area contributed by atoms with Gasteiger partial charge in [-0.25, -0.2) is 0 Å². The minimum atomic E-state index is 0.208. The van der Waals surface area contributed by atoms with Crippen molar-refractivity contribution >= 4 is 5.78 Å². The molecule has 3 fully saturated rings. The van der Waals surface area contributed by atoms with Gasteiger partial charge in [-0.15, -0.1) is 0 Å². The molecule has 159 valence electrons. The molecule has 1 radical (unpaired) electrons. The van der Waals surface area contributed by atoms with Crippen molar-refractivity contribution in [3.8, 4) is 0 Å². The van der Waals surface area contributed by atoms with Crippen molar-refractivity contribution in [2.75, 3.05) is 0 Å². The molecule has 30 heavy (non-hydrogen) atoms. The molecule has 0 aromatic carbocycles. The van der Waals surface area contributed by atoms with Gasteiger partial charge in [-0.05, 0) is 68.6 Å². The zero-order valence-electron chi connectivity index (χ0n) is 19.5. The maximum atomic E-state index is 12.1. The minimum Gasteiger partial charge on any atom is -0.299 e. The first-order valence-electron chi connectivity index (χ1n) is 12.2. The van der Waals surface area contributed by atoms with E-state index in [0.29, 0.717) is 35.4 Å². The summed E-state index contributed by atoms with van der Waals surface area (Å²) in [5, 5.41) is 0. The lowest BCUT2D eigenvalue weighted by molar-refractivity contribution is -0.121. The van der Waals surface area contributed by atoms with Crippen molar-refractivity contribution in [3.63, 3.8) is 0 Å². The van der Waals surface area contributed by atoms with E-state index in [1.54, 1.807) is 0 Å². The Labute approximate surface area is 185 Å². The highest BCUT2D eigenvalue weighted by Gasteiger charge is 2.62. The Morgan fingerprint density at radius 3 is 2.60 bits per heavy atom. The molecule has 0 amide bonds. The second-order valence-electron chi connectivity index (χ2n) is 11.0. The lowest BCUT2D eigenvalue weighted by Gasteiger charge is -2.53. The van der Waals surface area contributed by atoms with Gasteiger partial charge in [-0.1, -0.05) is 26.0 Å². The first kappa shape index (κ1) is 21.8. The summed E-state index contributed by atoms with van der Waals surface area (Å²) in [4.78, 5) is 12.1. The van der Waals surface area contributed by atoms with Crippen LogP contribution in [0.3, 0.4) is 0 Å². The van der Waals surface area contributed by atoms with Crippen LogP contribution in [0.15, 0.2) is 28.9 Å². The van der Waals surface area contributed by atoms with Crippen molar-refractivity contribution in [2.45, 2.75) is 91.4 Å². The van der Waals surface area contributed by atoms with E-state index in [4.69, 9.17) is 0 Å². The maximum Gasteiger partial charge on any atom is 0.270 e. The highest BCUT2D eigenvalue weighted by Crippen LogP contribution is 2.67. The second-order valence-corrected chi connectivity index (χ2v) is 11.0. The smallest absolute Gasteiger partial charge is 0.270 e. The van der Waals surface area contributed by atoms with Crippen LogP contribution < -0.4 is 0 Å². The van der Waals surface area contributed by atoms with E-state index >= 15 is 0 Å². The third kappa shape index (κ3) is 3.38. The zero-order valence-corrected chi connectivity index (χ0v) is 19.5. The highest BCUT2D eigenvalue weighted by molar-refractivity contribution is 5.82. The lowest BCUT2D eigenvalue weighted by atomic mass is 9.47. The molecule has 0 aromatic heterocycles. The average molecular weight is 405 g/mol. The quantitative estimate of drug-likeness (QED) is 0.340. The molecular weight excluding hydrogens is 364 g/mol. The summed E-state index contributed by atoms with van der Waals surface area (Å²) in [6.07, 6.45) is 15.6. The summed E-state index contributed by atoms with van der Waals surface area (Å²) >= 11 is 0. The summed E-state index contributed by atoms with van der Waals surface area (Å²) < 4.78 is 0.